The molecule has 0 N–H and O–H groups in total. The van der Waals surface area contributed by atoms with E-state index in [1.165, 1.54) is 117 Å². The van der Waals surface area contributed by atoms with Gasteiger partial charge in [0.2, 0.25) is 0 Å². The van der Waals surface area contributed by atoms with Gasteiger partial charge in [-0.05, 0) is 147 Å². The molecule has 1 aromatic heterocycles. The molecule has 292 valence electrons. The Bertz CT molecular complexity index is 2860. The summed E-state index contributed by atoms with van der Waals surface area (Å²) in [7, 11) is 0. The van der Waals surface area contributed by atoms with Crippen molar-refractivity contribution in [3.05, 3.63) is 137 Å². The fourth-order valence-corrected chi connectivity index (χ4v) is 11.5. The van der Waals surface area contributed by atoms with Crippen LogP contribution in [0.4, 0.5) is 34.1 Å². The van der Waals surface area contributed by atoms with Crippen LogP contribution in [0.1, 0.15) is 115 Å². The lowest BCUT2D eigenvalue weighted by Gasteiger charge is -2.48. The van der Waals surface area contributed by atoms with Gasteiger partial charge in [0.15, 0.2) is 0 Å². The molecular weight excluding hydrogens is 719 g/mol. The van der Waals surface area contributed by atoms with E-state index in [0.29, 0.717) is 0 Å². The zero-order valence-corrected chi connectivity index (χ0v) is 37.4. The summed E-state index contributed by atoms with van der Waals surface area (Å²) < 4.78 is 2.70. The molecule has 0 bridgehead atoms. The number of anilines is 6. The van der Waals surface area contributed by atoms with Crippen LogP contribution in [-0.4, -0.2) is 6.71 Å². The maximum absolute atomic E-state index is 2.68. The first-order valence-corrected chi connectivity index (χ1v) is 22.2. The standard InChI is InChI=1S/C54H57BN2S/c1-32-17-13-15-19-42(32)56-44-28-37-36-18-14-16-20-48(36)58-49(37)31-41(44)55-40-29-38-39(54(11,12)24-23-53(38,9)10)30-45(40)57(43-22-21-34(25-33(43)2)51(3,4)5)47-27-35(52(6,7)8)26-46(56)50(47)55/h13-22,25-31H,23-24H2,1-12H3. The Morgan fingerprint density at radius 1 is 0.500 bits per heavy atom. The van der Waals surface area contributed by atoms with Crippen LogP contribution in [0.25, 0.3) is 20.2 Å². The molecule has 1 aliphatic carbocycles. The summed E-state index contributed by atoms with van der Waals surface area (Å²) in [5.74, 6) is 0. The SMILES string of the molecule is Cc1cc(C(C)(C)C)ccc1N1c2cc3c(cc2B2c4cc5sc6ccccc6c5cc4N(c4ccccc4C)c4cc(C(C)(C)C)cc1c42)C(C)(C)CCC3(C)C. The van der Waals surface area contributed by atoms with Gasteiger partial charge in [0.1, 0.15) is 0 Å². The highest BCUT2D eigenvalue weighted by Crippen LogP contribution is 2.52. The van der Waals surface area contributed by atoms with E-state index in [2.05, 4.69) is 196 Å². The van der Waals surface area contributed by atoms with E-state index < -0.39 is 0 Å². The summed E-state index contributed by atoms with van der Waals surface area (Å²) in [5.41, 5.74) is 20.4. The number of nitrogens with zero attached hydrogens (tertiary/aromatic N) is 2. The topological polar surface area (TPSA) is 6.48 Å². The molecule has 0 spiro atoms. The first-order valence-electron chi connectivity index (χ1n) is 21.4. The van der Waals surface area contributed by atoms with Crippen molar-refractivity contribution < 1.29 is 0 Å². The molecule has 58 heavy (non-hydrogen) atoms. The molecule has 0 radical (unpaired) electrons. The van der Waals surface area contributed by atoms with Crippen molar-refractivity contribution >= 4 is 88.7 Å². The van der Waals surface area contributed by atoms with Crippen LogP contribution >= 0.6 is 11.3 Å². The minimum Gasteiger partial charge on any atom is -0.311 e. The number of benzene rings is 6. The van der Waals surface area contributed by atoms with Crippen LogP contribution in [0.15, 0.2) is 103 Å². The molecule has 0 saturated carbocycles. The Morgan fingerprint density at radius 3 is 1.71 bits per heavy atom. The van der Waals surface area contributed by atoms with Gasteiger partial charge < -0.3 is 9.80 Å². The maximum atomic E-state index is 2.68. The van der Waals surface area contributed by atoms with Crippen LogP contribution in [0.3, 0.4) is 0 Å². The minimum absolute atomic E-state index is 0.0594. The van der Waals surface area contributed by atoms with Gasteiger partial charge in [-0.15, -0.1) is 11.3 Å². The third-order valence-electron chi connectivity index (χ3n) is 14.1. The largest absolute Gasteiger partial charge is 0.311 e. The quantitative estimate of drug-likeness (QED) is 0.161. The normalized spacial score (nSPS) is 16.7. The smallest absolute Gasteiger partial charge is 0.252 e. The second kappa shape index (κ2) is 12.4. The predicted octanol–water partition coefficient (Wildman–Crippen LogP) is 13.7. The fourth-order valence-electron chi connectivity index (χ4n) is 10.4. The number of hydrogen-bond donors (Lipinski definition) is 0. The van der Waals surface area contributed by atoms with Crippen molar-refractivity contribution in [2.75, 3.05) is 9.80 Å². The summed E-state index contributed by atoms with van der Waals surface area (Å²) in [6, 6.07) is 40.7. The van der Waals surface area contributed by atoms with E-state index in [1.807, 2.05) is 11.3 Å². The molecule has 2 nitrogen and oxygen atoms in total. The lowest BCUT2D eigenvalue weighted by Crippen LogP contribution is -2.62. The number of aryl methyl sites for hydroxylation is 2. The lowest BCUT2D eigenvalue weighted by molar-refractivity contribution is 0.332. The molecule has 0 atom stereocenters. The van der Waals surface area contributed by atoms with E-state index in [-0.39, 0.29) is 28.4 Å². The van der Waals surface area contributed by atoms with Crippen LogP contribution in [0, 0.1) is 13.8 Å². The average molecular weight is 777 g/mol. The Kier molecular flexibility index (Phi) is 7.99. The first-order chi connectivity index (χ1) is 27.3. The molecule has 0 saturated heterocycles. The monoisotopic (exact) mass is 776 g/mol. The summed E-state index contributed by atoms with van der Waals surface area (Å²) >= 11 is 1.93. The molecule has 0 fully saturated rings. The Balaban J connectivity index is 1.39. The van der Waals surface area contributed by atoms with Gasteiger partial charge in [0.25, 0.3) is 6.71 Å². The van der Waals surface area contributed by atoms with Crippen LogP contribution < -0.4 is 26.2 Å². The fraction of sp³-hybridized carbons (Fsp3) is 0.333. The molecule has 6 aromatic carbocycles. The van der Waals surface area contributed by atoms with Crippen molar-refractivity contribution in [2.24, 2.45) is 0 Å². The first kappa shape index (κ1) is 37.5. The highest BCUT2D eigenvalue weighted by atomic mass is 32.1. The van der Waals surface area contributed by atoms with Gasteiger partial charge >= 0.3 is 0 Å². The molecule has 2 aliphatic heterocycles. The minimum atomic E-state index is -0.0782. The summed E-state index contributed by atoms with van der Waals surface area (Å²) in [6.07, 6.45) is 2.37. The van der Waals surface area contributed by atoms with Gasteiger partial charge in [-0.25, -0.2) is 0 Å². The molecule has 0 amide bonds. The van der Waals surface area contributed by atoms with E-state index in [1.54, 1.807) is 0 Å². The van der Waals surface area contributed by atoms with Gasteiger partial charge in [-0.2, -0.15) is 0 Å². The molecule has 0 unspecified atom stereocenters. The maximum Gasteiger partial charge on any atom is 0.252 e. The van der Waals surface area contributed by atoms with E-state index in [4.69, 9.17) is 0 Å². The van der Waals surface area contributed by atoms with Crippen molar-refractivity contribution in [1.29, 1.82) is 0 Å². The van der Waals surface area contributed by atoms with E-state index >= 15 is 0 Å². The molecule has 3 heterocycles. The molecular formula is C54H57BN2S. The van der Waals surface area contributed by atoms with E-state index in [0.717, 1.165) is 0 Å². The third kappa shape index (κ3) is 5.50. The van der Waals surface area contributed by atoms with Gasteiger partial charge in [0.05, 0.1) is 0 Å². The van der Waals surface area contributed by atoms with Crippen molar-refractivity contribution in [3.63, 3.8) is 0 Å². The van der Waals surface area contributed by atoms with Crippen LogP contribution in [0.2, 0.25) is 0 Å². The molecule has 10 rings (SSSR count). The second-order valence-electron chi connectivity index (χ2n) is 21.0. The highest BCUT2D eigenvalue weighted by Gasteiger charge is 2.47. The summed E-state index contributed by atoms with van der Waals surface area (Å²) in [4.78, 5) is 5.31. The van der Waals surface area contributed by atoms with Gasteiger partial charge in [0, 0.05) is 54.3 Å². The molecule has 7 aromatic rings. The Labute approximate surface area is 351 Å². The Morgan fingerprint density at radius 2 is 1.07 bits per heavy atom. The lowest BCUT2D eigenvalue weighted by atomic mass is 9.33. The summed E-state index contributed by atoms with van der Waals surface area (Å²) in [6.45, 7) is 28.7. The van der Waals surface area contributed by atoms with E-state index in [9.17, 15) is 0 Å². The third-order valence-corrected chi connectivity index (χ3v) is 15.2. The molecule has 3 aliphatic rings. The second-order valence-corrected chi connectivity index (χ2v) is 22.1. The summed E-state index contributed by atoms with van der Waals surface area (Å²) in [5, 5.41) is 2.68. The number of rotatable bonds is 2. The zero-order chi connectivity index (χ0) is 40.8. The number of para-hydroxylation sites is 1. The highest BCUT2D eigenvalue weighted by molar-refractivity contribution is 7.26. The number of fused-ring (bicyclic) bond motifs is 8. The number of hydrogen-bond acceptors (Lipinski definition) is 3. The number of thiophene rings is 1. The Hall–Kier alpha value is -4.80. The zero-order valence-electron chi connectivity index (χ0n) is 36.6. The molecule has 4 heteroatoms. The van der Waals surface area contributed by atoms with Crippen LogP contribution in [-0.2, 0) is 21.7 Å². The van der Waals surface area contributed by atoms with Crippen molar-refractivity contribution in [2.45, 2.75) is 118 Å². The van der Waals surface area contributed by atoms with Crippen molar-refractivity contribution in [1.82, 2.24) is 0 Å². The van der Waals surface area contributed by atoms with Gasteiger partial charge in [-0.1, -0.05) is 124 Å². The predicted molar refractivity (Wildman–Crippen MR) is 256 cm³/mol. The average Bonchev–Trinajstić information content (AvgIpc) is 3.52. The van der Waals surface area contributed by atoms with Crippen LogP contribution in [0.5, 0.6) is 0 Å². The van der Waals surface area contributed by atoms with Crippen molar-refractivity contribution in [3.8, 4) is 0 Å². The van der Waals surface area contributed by atoms with Gasteiger partial charge in [-0.3, -0.25) is 0 Å².